The molecule has 18 nitrogen and oxygen atoms in total. The number of thioether (sulfide) groups is 1. The van der Waals surface area contributed by atoms with Crippen molar-refractivity contribution in [3.63, 3.8) is 0 Å². The van der Waals surface area contributed by atoms with Crippen LogP contribution in [-0.2, 0) is 129 Å². The van der Waals surface area contributed by atoms with Gasteiger partial charge in [-0.25, -0.2) is 4.79 Å². The van der Waals surface area contributed by atoms with E-state index in [0.29, 0.717) is 0 Å². The van der Waals surface area contributed by atoms with Crippen LogP contribution in [-0.4, -0.2) is 134 Å². The Balaban J connectivity index is 0.910. The van der Waals surface area contributed by atoms with E-state index in [4.69, 9.17) is 66.3 Å². The van der Waals surface area contributed by atoms with Crippen molar-refractivity contribution in [1.29, 1.82) is 0 Å². The Morgan fingerprint density at radius 1 is 0.471 bits per heavy atom. The van der Waals surface area contributed by atoms with Gasteiger partial charge >= 0.3 is 5.97 Å². The third-order valence-electron chi connectivity index (χ3n) is 18.6. The van der Waals surface area contributed by atoms with Gasteiger partial charge in [-0.1, -0.05) is 273 Å². The second-order valence-corrected chi connectivity index (χ2v) is 27.5. The SMILES string of the molecule is CC(=O)N[C@H]1C(C(O)C(COCc2ccccc2)OCc2ccccc2)OC2(C[C@@H]1OCc1ccccc1)OC1C(OC2=O)C(OC2[C@@H](COCc3ccccc3)O[C@@H](Sc3ccccc3)[C@H](OCc3ccccc3)[C@H]2OCc2ccccc2)O[C@H](COCc2ccccc2)[C@@H]1OCc1ccccc1. The van der Waals surface area contributed by atoms with E-state index < -0.39 is 109 Å². The van der Waals surface area contributed by atoms with Crippen molar-refractivity contribution in [1.82, 2.24) is 5.32 Å². The van der Waals surface area contributed by atoms with Crippen LogP contribution in [0.5, 0.6) is 0 Å². The number of amides is 1. The van der Waals surface area contributed by atoms with Crippen molar-refractivity contribution in [2.75, 3.05) is 19.8 Å². The van der Waals surface area contributed by atoms with E-state index in [2.05, 4.69) is 5.32 Å². The largest absolute Gasteiger partial charge is 0.450 e. The Morgan fingerprint density at radius 2 is 0.875 bits per heavy atom. The molecular formula is C85H89NO17S. The van der Waals surface area contributed by atoms with Gasteiger partial charge in [-0.15, -0.1) is 0 Å². The zero-order valence-corrected chi connectivity index (χ0v) is 58.8. The number of fused-ring (bicyclic) bond motifs is 1. The summed E-state index contributed by atoms with van der Waals surface area (Å²) in [5, 5.41) is 16.4. The normalized spacial score (nSPS) is 25.8. The first-order chi connectivity index (χ1) is 51.2. The summed E-state index contributed by atoms with van der Waals surface area (Å²) in [5.41, 5.74) is 6.30. The van der Waals surface area contributed by atoms with Crippen molar-refractivity contribution in [2.45, 2.75) is 168 Å². The Hall–Kier alpha value is -8.29. The van der Waals surface area contributed by atoms with Crippen molar-refractivity contribution in [3.05, 3.63) is 317 Å². The van der Waals surface area contributed by atoms with Gasteiger partial charge in [-0.2, -0.15) is 0 Å². The molecule has 542 valence electrons. The topological polar surface area (TPSA) is 196 Å². The van der Waals surface area contributed by atoms with Crippen molar-refractivity contribution < 1.29 is 81.0 Å². The van der Waals surface area contributed by atoms with Crippen molar-refractivity contribution in [2.24, 2.45) is 0 Å². The smallest absolute Gasteiger partial charge is 0.367 e. The molecule has 4 saturated heterocycles. The van der Waals surface area contributed by atoms with Crippen LogP contribution in [0.2, 0.25) is 0 Å². The van der Waals surface area contributed by atoms with Gasteiger partial charge in [0.15, 0.2) is 12.4 Å². The lowest BCUT2D eigenvalue weighted by molar-refractivity contribution is -0.410. The molecule has 13 rings (SSSR count). The number of hydrogen-bond acceptors (Lipinski definition) is 18. The molecule has 104 heavy (non-hydrogen) atoms. The van der Waals surface area contributed by atoms with E-state index in [-0.39, 0.29) is 79.1 Å². The lowest BCUT2D eigenvalue weighted by Gasteiger charge is -2.56. The average molecular weight is 1430 g/mol. The third-order valence-corrected chi connectivity index (χ3v) is 19.8. The minimum atomic E-state index is -2.40. The molecule has 0 aromatic heterocycles. The molecule has 9 aromatic rings. The summed E-state index contributed by atoms with van der Waals surface area (Å²) in [6, 6.07) is 86.6. The number of esters is 1. The van der Waals surface area contributed by atoms with E-state index in [9.17, 15) is 9.90 Å². The second kappa shape index (κ2) is 37.6. The molecule has 4 fully saturated rings. The summed E-state index contributed by atoms with van der Waals surface area (Å²) in [6.45, 7) is 2.20. The molecule has 4 aliphatic heterocycles. The fraction of sp³-hybridized carbons (Fsp3) is 0.341. The third kappa shape index (κ3) is 20.2. The maximum Gasteiger partial charge on any atom is 0.367 e. The molecule has 0 saturated carbocycles. The molecule has 0 bridgehead atoms. The van der Waals surface area contributed by atoms with Gasteiger partial charge in [0.1, 0.15) is 66.5 Å². The molecule has 1 amide bonds. The van der Waals surface area contributed by atoms with Crippen LogP contribution < -0.4 is 5.32 Å². The summed E-state index contributed by atoms with van der Waals surface area (Å²) in [6.07, 6.45) is -15.9. The molecule has 1 spiro atoms. The summed E-state index contributed by atoms with van der Waals surface area (Å²) in [7, 11) is 0. The Bertz CT molecular complexity index is 3980. The highest BCUT2D eigenvalue weighted by Gasteiger charge is 2.66. The molecule has 0 aliphatic carbocycles. The first-order valence-electron chi connectivity index (χ1n) is 35.5. The summed E-state index contributed by atoms with van der Waals surface area (Å²) in [5.74, 6) is -3.84. The zero-order valence-electron chi connectivity index (χ0n) is 58.0. The van der Waals surface area contributed by atoms with E-state index >= 15 is 4.79 Å². The number of aliphatic hydroxyl groups is 1. The fourth-order valence-electron chi connectivity index (χ4n) is 13.4. The van der Waals surface area contributed by atoms with Crippen LogP contribution in [0.4, 0.5) is 0 Å². The minimum absolute atomic E-state index is 0.000599. The molecule has 8 unspecified atom stereocenters. The number of benzene rings is 9. The van der Waals surface area contributed by atoms with Crippen LogP contribution in [0.15, 0.2) is 278 Å². The van der Waals surface area contributed by atoms with Gasteiger partial charge in [0.25, 0.3) is 5.79 Å². The molecule has 4 aliphatic rings. The van der Waals surface area contributed by atoms with E-state index in [1.807, 2.05) is 273 Å². The number of rotatable bonds is 34. The first kappa shape index (κ1) is 74.0. The maximum atomic E-state index is 16.2. The van der Waals surface area contributed by atoms with Gasteiger partial charge in [0, 0.05) is 18.2 Å². The molecule has 0 radical (unpaired) electrons. The van der Waals surface area contributed by atoms with E-state index in [1.54, 1.807) is 0 Å². The molecular weight excluding hydrogens is 1340 g/mol. The predicted molar refractivity (Wildman–Crippen MR) is 388 cm³/mol. The Kier molecular flexibility index (Phi) is 26.8. The Morgan fingerprint density at radius 3 is 1.35 bits per heavy atom. The predicted octanol–water partition coefficient (Wildman–Crippen LogP) is 12.9. The lowest BCUT2D eigenvalue weighted by Crippen LogP contribution is -2.75. The van der Waals surface area contributed by atoms with Gasteiger partial charge in [-0.3, -0.25) is 4.79 Å². The minimum Gasteiger partial charge on any atom is -0.450 e. The van der Waals surface area contributed by atoms with Gasteiger partial charge in [0.05, 0.1) is 84.8 Å². The summed E-state index contributed by atoms with van der Waals surface area (Å²) in [4.78, 5) is 30.9. The highest BCUT2D eigenvalue weighted by atomic mass is 32.2. The molecule has 4 heterocycles. The van der Waals surface area contributed by atoms with Gasteiger partial charge in [0.2, 0.25) is 5.91 Å². The van der Waals surface area contributed by atoms with Crippen LogP contribution in [0, 0.1) is 0 Å². The van der Waals surface area contributed by atoms with E-state index in [0.717, 1.165) is 49.4 Å². The number of ether oxygens (including phenoxy) is 14. The van der Waals surface area contributed by atoms with Crippen molar-refractivity contribution in [3.8, 4) is 0 Å². The number of carbonyl (C=O) groups is 2. The zero-order chi connectivity index (χ0) is 71.1. The van der Waals surface area contributed by atoms with Crippen LogP contribution in [0.3, 0.4) is 0 Å². The van der Waals surface area contributed by atoms with Gasteiger partial charge in [-0.05, 0) is 56.6 Å². The average Bonchev–Trinajstić information content (AvgIpc) is 0.732. The van der Waals surface area contributed by atoms with Crippen LogP contribution >= 0.6 is 11.8 Å². The van der Waals surface area contributed by atoms with E-state index in [1.165, 1.54) is 18.7 Å². The standard InChI is InChI=1S/C85H89NO17S/c1-59(87)86-73-69(93-51-63-35-17-5-18-36-63)47-85(102-77(73)74(88)70(94-52-64-37-19-6-20-38-64)56-90-48-60-29-11-2-12-30-60)84(89)101-80-79(103-85)75(95-53-65-39-21-7-22-40-65)71(57-91-49-61-31-13-3-14-32-61)98-82(80)100-76-72(58-92-50-62-33-15-4-16-34-62)99-83(104-68-45-27-10-28-46-68)81(97-55-67-43-25-9-26-44-67)78(76)96-54-66-41-23-8-24-42-66/h2-46,69-83,88H,47-58H2,1H3,(H,86,87)/t69-,70?,71+,72+,73+,74?,75-,76?,77?,78-,79?,80?,81+,82?,83-,85?/m0/s1. The Labute approximate surface area is 612 Å². The molecule has 9 aromatic carbocycles. The monoisotopic (exact) mass is 1430 g/mol. The highest BCUT2D eigenvalue weighted by molar-refractivity contribution is 7.99. The molecule has 19 heteroatoms. The van der Waals surface area contributed by atoms with Gasteiger partial charge < -0.3 is 76.7 Å². The fourth-order valence-corrected chi connectivity index (χ4v) is 14.6. The highest BCUT2D eigenvalue weighted by Crippen LogP contribution is 2.46. The number of hydrogen-bond donors (Lipinski definition) is 2. The number of nitrogens with one attached hydrogen (secondary N) is 1. The molecule has 2 N–H and O–H groups in total. The summed E-state index contributed by atoms with van der Waals surface area (Å²) >= 11 is 1.50. The summed E-state index contributed by atoms with van der Waals surface area (Å²) < 4.78 is 98.9. The number of aliphatic hydroxyl groups excluding tert-OH is 1. The maximum absolute atomic E-state index is 16.2. The van der Waals surface area contributed by atoms with Crippen LogP contribution in [0.1, 0.15) is 57.9 Å². The first-order valence-corrected chi connectivity index (χ1v) is 36.4. The lowest BCUT2D eigenvalue weighted by atomic mass is 9.86. The van der Waals surface area contributed by atoms with Crippen molar-refractivity contribution >= 4 is 23.6 Å². The van der Waals surface area contributed by atoms with Crippen LogP contribution in [0.25, 0.3) is 0 Å². The quantitative estimate of drug-likeness (QED) is 0.0361. The number of carbonyl (C=O) groups excluding carboxylic acids is 2. The molecule has 16 atom stereocenters. The second-order valence-electron chi connectivity index (χ2n) is 26.3.